The first-order valence-electron chi connectivity index (χ1n) is 9.04. The molecule has 2 aromatic rings. The number of allylic oxidation sites excluding steroid dienone is 2. The minimum Gasteiger partial charge on any atom is -0.327 e. The summed E-state index contributed by atoms with van der Waals surface area (Å²) in [6.07, 6.45) is 8.78. The molecule has 0 bridgehead atoms. The van der Waals surface area contributed by atoms with Gasteiger partial charge in [0.05, 0.1) is 4.92 Å². The van der Waals surface area contributed by atoms with E-state index < -0.39 is 10.8 Å². The van der Waals surface area contributed by atoms with Crippen LogP contribution in [-0.4, -0.2) is 27.4 Å². The van der Waals surface area contributed by atoms with Gasteiger partial charge in [-0.05, 0) is 64.1 Å². The zero-order chi connectivity index (χ0) is 21.1. The van der Waals surface area contributed by atoms with Crippen LogP contribution in [0.3, 0.4) is 0 Å². The van der Waals surface area contributed by atoms with Crippen LogP contribution in [0.4, 0.5) is 5.69 Å². The molecule has 0 atom stereocenters. The summed E-state index contributed by atoms with van der Waals surface area (Å²) in [5, 5.41) is 10.7. The summed E-state index contributed by atoms with van der Waals surface area (Å²) in [4.78, 5) is 33.6. The minimum atomic E-state index is -0.466. The SMILES string of the molecule is O=C(/C=C/c1ccc([N+](=O)[O-])cc1)N=C1N=C2C=CC(I)=CN2Cc2ccccc21. The molecule has 2 aliphatic heterocycles. The Kier molecular flexibility index (Phi) is 5.66. The van der Waals surface area contributed by atoms with Gasteiger partial charge in [0.1, 0.15) is 5.84 Å². The molecule has 2 heterocycles. The second-order valence-electron chi connectivity index (χ2n) is 6.56. The lowest BCUT2D eigenvalue weighted by Gasteiger charge is -2.21. The number of nitrogens with zero attached hydrogens (tertiary/aromatic N) is 4. The Morgan fingerprint density at radius 3 is 2.70 bits per heavy atom. The molecule has 0 spiro atoms. The van der Waals surface area contributed by atoms with Crippen molar-refractivity contribution in [3.8, 4) is 0 Å². The molecule has 0 fully saturated rings. The van der Waals surface area contributed by atoms with Gasteiger partial charge in [-0.3, -0.25) is 14.9 Å². The number of nitro groups is 1. The third kappa shape index (κ3) is 4.43. The van der Waals surface area contributed by atoms with Crippen LogP contribution in [0.2, 0.25) is 0 Å². The van der Waals surface area contributed by atoms with Crippen molar-refractivity contribution in [2.45, 2.75) is 6.54 Å². The van der Waals surface area contributed by atoms with Gasteiger partial charge >= 0.3 is 0 Å². The molecule has 4 rings (SSSR count). The number of nitro benzene ring substituents is 1. The molecule has 30 heavy (non-hydrogen) atoms. The first-order valence-corrected chi connectivity index (χ1v) is 10.1. The number of hydrogen-bond acceptors (Lipinski definition) is 4. The quantitative estimate of drug-likeness (QED) is 0.261. The maximum absolute atomic E-state index is 12.5. The molecule has 0 aliphatic carbocycles. The number of non-ortho nitro benzene ring substituents is 1. The van der Waals surface area contributed by atoms with Crippen molar-refractivity contribution in [2.75, 3.05) is 0 Å². The smallest absolute Gasteiger partial charge is 0.271 e. The summed E-state index contributed by atoms with van der Waals surface area (Å²) in [7, 11) is 0. The Morgan fingerprint density at radius 2 is 1.93 bits per heavy atom. The maximum atomic E-state index is 12.5. The third-order valence-electron chi connectivity index (χ3n) is 4.52. The highest BCUT2D eigenvalue weighted by molar-refractivity contribution is 14.1. The molecule has 1 amide bonds. The Hall–Kier alpha value is -3.40. The number of hydrogen-bond donors (Lipinski definition) is 0. The number of carbonyl (C=O) groups excluding carboxylic acids is 1. The summed E-state index contributed by atoms with van der Waals surface area (Å²) in [5.41, 5.74) is 2.51. The van der Waals surface area contributed by atoms with Crippen LogP contribution in [0.1, 0.15) is 16.7 Å². The first-order chi connectivity index (χ1) is 14.5. The van der Waals surface area contributed by atoms with E-state index in [0.29, 0.717) is 17.9 Å². The summed E-state index contributed by atoms with van der Waals surface area (Å²) < 4.78 is 1.09. The molecular weight excluding hydrogens is 495 g/mol. The van der Waals surface area contributed by atoms with Crippen molar-refractivity contribution in [1.82, 2.24) is 4.90 Å². The normalized spacial score (nSPS) is 16.6. The summed E-state index contributed by atoms with van der Waals surface area (Å²) in [6.45, 7) is 0.637. The van der Waals surface area contributed by atoms with E-state index >= 15 is 0 Å². The van der Waals surface area contributed by atoms with Gasteiger partial charge < -0.3 is 4.90 Å². The predicted octanol–water partition coefficient (Wildman–Crippen LogP) is 4.64. The van der Waals surface area contributed by atoms with Crippen molar-refractivity contribution in [2.24, 2.45) is 9.98 Å². The van der Waals surface area contributed by atoms with Gasteiger partial charge in [-0.25, -0.2) is 4.99 Å². The lowest BCUT2D eigenvalue weighted by Crippen LogP contribution is -2.24. The molecule has 2 aromatic carbocycles. The number of aliphatic imine (C=N–C) groups is 2. The standard InChI is InChI=1S/C22H15IN4O3/c23-17-8-11-20-24-22(19-4-2-1-3-16(19)13-26(20)14-17)25-21(28)12-7-15-5-9-18(10-6-15)27(29)30/h1-12,14H,13H2/b12-7+,25-22?. The van der Waals surface area contributed by atoms with Gasteiger partial charge in [0.25, 0.3) is 11.6 Å². The Morgan fingerprint density at radius 1 is 1.17 bits per heavy atom. The van der Waals surface area contributed by atoms with Crippen molar-refractivity contribution < 1.29 is 9.72 Å². The number of amides is 1. The van der Waals surface area contributed by atoms with Crippen LogP contribution in [0.25, 0.3) is 6.08 Å². The van der Waals surface area contributed by atoms with E-state index in [-0.39, 0.29) is 5.69 Å². The van der Waals surface area contributed by atoms with E-state index in [1.54, 1.807) is 18.2 Å². The minimum absolute atomic E-state index is 0.00147. The molecule has 0 N–H and O–H groups in total. The Balaban J connectivity index is 1.64. The van der Waals surface area contributed by atoms with Crippen molar-refractivity contribution in [1.29, 1.82) is 0 Å². The predicted molar refractivity (Wildman–Crippen MR) is 124 cm³/mol. The van der Waals surface area contributed by atoms with E-state index in [2.05, 4.69) is 32.6 Å². The van der Waals surface area contributed by atoms with E-state index in [0.717, 1.165) is 20.5 Å². The van der Waals surface area contributed by atoms with E-state index in [1.807, 2.05) is 47.5 Å². The van der Waals surface area contributed by atoms with Gasteiger partial charge in [-0.15, -0.1) is 0 Å². The highest BCUT2D eigenvalue weighted by Gasteiger charge is 2.21. The average Bonchev–Trinajstić information content (AvgIpc) is 2.88. The number of halogens is 1. The molecular formula is C22H15IN4O3. The van der Waals surface area contributed by atoms with Crippen LogP contribution >= 0.6 is 22.6 Å². The van der Waals surface area contributed by atoms with Crippen LogP contribution < -0.4 is 0 Å². The molecule has 0 aromatic heterocycles. The topological polar surface area (TPSA) is 88.2 Å². The summed E-state index contributed by atoms with van der Waals surface area (Å²) >= 11 is 2.25. The summed E-state index contributed by atoms with van der Waals surface area (Å²) in [6, 6.07) is 13.7. The van der Waals surface area contributed by atoms with Gasteiger partial charge in [0, 0.05) is 40.1 Å². The molecule has 2 aliphatic rings. The molecule has 0 radical (unpaired) electrons. The van der Waals surface area contributed by atoms with Crippen LogP contribution in [0.15, 0.2) is 86.5 Å². The summed E-state index contributed by atoms with van der Waals surface area (Å²) in [5.74, 6) is 0.620. The van der Waals surface area contributed by atoms with E-state index in [9.17, 15) is 14.9 Å². The average molecular weight is 510 g/mol. The highest BCUT2D eigenvalue weighted by Crippen LogP contribution is 2.24. The van der Waals surface area contributed by atoms with Crippen molar-refractivity contribution in [3.63, 3.8) is 0 Å². The lowest BCUT2D eigenvalue weighted by molar-refractivity contribution is -0.384. The molecule has 7 nitrogen and oxygen atoms in total. The Bertz CT molecular complexity index is 1180. The van der Waals surface area contributed by atoms with Gasteiger partial charge in [-0.2, -0.15) is 4.99 Å². The van der Waals surface area contributed by atoms with Crippen molar-refractivity contribution >= 4 is 51.9 Å². The van der Waals surface area contributed by atoms with Crippen LogP contribution in [-0.2, 0) is 11.3 Å². The monoisotopic (exact) mass is 510 g/mol. The van der Waals surface area contributed by atoms with E-state index in [4.69, 9.17) is 0 Å². The van der Waals surface area contributed by atoms with Gasteiger partial charge in [0.2, 0.25) is 0 Å². The number of fused-ring (bicyclic) bond motifs is 2. The largest absolute Gasteiger partial charge is 0.327 e. The van der Waals surface area contributed by atoms with Gasteiger partial charge in [-0.1, -0.05) is 24.3 Å². The van der Waals surface area contributed by atoms with Crippen molar-refractivity contribution in [3.05, 3.63) is 103 Å². The van der Waals surface area contributed by atoms with E-state index in [1.165, 1.54) is 18.2 Å². The van der Waals surface area contributed by atoms with Gasteiger partial charge in [0.15, 0.2) is 5.84 Å². The maximum Gasteiger partial charge on any atom is 0.271 e. The molecule has 0 saturated carbocycles. The van der Waals surface area contributed by atoms with Crippen LogP contribution in [0, 0.1) is 10.1 Å². The number of rotatable bonds is 3. The fourth-order valence-corrected chi connectivity index (χ4v) is 3.58. The third-order valence-corrected chi connectivity index (χ3v) is 5.16. The fourth-order valence-electron chi connectivity index (χ4n) is 3.07. The zero-order valence-electron chi connectivity index (χ0n) is 15.6. The zero-order valence-corrected chi connectivity index (χ0v) is 17.8. The molecule has 148 valence electrons. The Labute approximate surface area is 186 Å². The number of carbonyl (C=O) groups is 1. The highest BCUT2D eigenvalue weighted by atomic mass is 127. The molecule has 0 unspecified atom stereocenters. The second-order valence-corrected chi connectivity index (χ2v) is 7.80. The fraction of sp³-hybridized carbons (Fsp3) is 0.0455. The number of amidine groups is 2. The number of benzene rings is 2. The first kappa shape index (κ1) is 19.9. The second kappa shape index (κ2) is 8.54. The molecule has 8 heteroatoms. The van der Waals surface area contributed by atoms with Crippen LogP contribution in [0.5, 0.6) is 0 Å². The molecule has 0 saturated heterocycles. The lowest BCUT2D eigenvalue weighted by atomic mass is 10.1.